The molecule has 0 aliphatic carbocycles. The van der Waals surface area contributed by atoms with E-state index in [0.29, 0.717) is 30.3 Å². The fraction of sp³-hybridized carbons (Fsp3) is 0.263. The van der Waals surface area contributed by atoms with Gasteiger partial charge < -0.3 is 9.73 Å². The average molecular weight is 381 g/mol. The Kier molecular flexibility index (Phi) is 4.72. The van der Waals surface area contributed by atoms with E-state index in [0.717, 1.165) is 16.2 Å². The summed E-state index contributed by atoms with van der Waals surface area (Å²) in [6.07, 6.45) is 2.43. The van der Waals surface area contributed by atoms with E-state index in [9.17, 15) is 4.79 Å². The molecule has 8 heteroatoms. The maximum absolute atomic E-state index is 12.3. The van der Waals surface area contributed by atoms with Crippen molar-refractivity contribution < 1.29 is 9.21 Å². The molecule has 1 aromatic carbocycles. The summed E-state index contributed by atoms with van der Waals surface area (Å²) >= 11 is 1.54. The predicted octanol–water partition coefficient (Wildman–Crippen LogP) is 2.96. The Hall–Kier alpha value is -3.00. The number of amides is 1. The van der Waals surface area contributed by atoms with Crippen molar-refractivity contribution in [2.45, 2.75) is 26.7 Å². The molecule has 4 rings (SSSR count). The van der Waals surface area contributed by atoms with Crippen molar-refractivity contribution in [2.75, 3.05) is 6.54 Å². The average Bonchev–Trinajstić information content (AvgIpc) is 3.34. The molecule has 27 heavy (non-hydrogen) atoms. The predicted molar refractivity (Wildman–Crippen MR) is 103 cm³/mol. The minimum atomic E-state index is -0.0769. The molecule has 0 aliphatic heterocycles. The van der Waals surface area contributed by atoms with Gasteiger partial charge in [0.25, 0.3) is 0 Å². The second-order valence-corrected chi connectivity index (χ2v) is 7.18. The van der Waals surface area contributed by atoms with E-state index < -0.39 is 0 Å². The zero-order chi connectivity index (χ0) is 18.8. The van der Waals surface area contributed by atoms with Crippen LogP contribution in [-0.4, -0.2) is 32.0 Å². The number of nitrogens with one attached hydrogen (secondary N) is 1. The lowest BCUT2D eigenvalue weighted by Crippen LogP contribution is -2.27. The van der Waals surface area contributed by atoms with Crippen LogP contribution in [0.4, 0.5) is 0 Å². The summed E-state index contributed by atoms with van der Waals surface area (Å²) in [5.74, 6) is 1.14. The molecule has 7 nitrogen and oxygen atoms in total. The van der Waals surface area contributed by atoms with Gasteiger partial charge >= 0.3 is 0 Å². The van der Waals surface area contributed by atoms with Crippen LogP contribution < -0.4 is 5.32 Å². The van der Waals surface area contributed by atoms with Gasteiger partial charge in [0, 0.05) is 23.9 Å². The molecule has 0 bridgehead atoms. The summed E-state index contributed by atoms with van der Waals surface area (Å²) in [4.78, 5) is 21.8. The molecule has 0 saturated carbocycles. The lowest BCUT2D eigenvalue weighted by molar-refractivity contribution is -0.120. The topological polar surface area (TPSA) is 85.3 Å². The Bertz CT molecular complexity index is 1080. The van der Waals surface area contributed by atoms with Crippen LogP contribution in [0.2, 0.25) is 0 Å². The molecule has 0 saturated heterocycles. The number of benzene rings is 1. The number of carbonyl (C=O) groups is 1. The Morgan fingerprint density at radius 1 is 1.26 bits per heavy atom. The maximum atomic E-state index is 12.3. The molecule has 0 fully saturated rings. The summed E-state index contributed by atoms with van der Waals surface area (Å²) in [5, 5.41) is 9.12. The first-order valence-corrected chi connectivity index (χ1v) is 9.54. The van der Waals surface area contributed by atoms with Crippen LogP contribution in [0, 0.1) is 13.8 Å². The standard InChI is InChI=1S/C19H19N5O2S/c1-12-3-5-14(6-4-12)18-23-16(13(2)26-18)9-17(25)20-8-7-15-10-27-19-21-11-22-24(15)19/h3-6,10-11H,7-9H2,1-2H3,(H,20,25). The SMILES string of the molecule is Cc1ccc(-c2nc(CC(=O)NCCc3csc4ncnn34)c(C)o2)cc1. The number of aryl methyl sites for hydroxylation is 2. The molecule has 1 N–H and O–H groups in total. The third-order valence-corrected chi connectivity index (χ3v) is 5.19. The third-order valence-electron chi connectivity index (χ3n) is 4.31. The van der Waals surface area contributed by atoms with Gasteiger partial charge in [0.1, 0.15) is 12.1 Å². The van der Waals surface area contributed by atoms with E-state index >= 15 is 0 Å². The summed E-state index contributed by atoms with van der Waals surface area (Å²) in [7, 11) is 0. The van der Waals surface area contributed by atoms with Crippen LogP contribution in [-0.2, 0) is 17.6 Å². The second kappa shape index (κ2) is 7.32. The number of rotatable bonds is 6. The largest absolute Gasteiger partial charge is 0.441 e. The van der Waals surface area contributed by atoms with Crippen molar-refractivity contribution >= 4 is 22.2 Å². The minimum Gasteiger partial charge on any atom is -0.441 e. The highest BCUT2D eigenvalue weighted by atomic mass is 32.1. The molecular weight excluding hydrogens is 362 g/mol. The molecule has 3 heterocycles. The number of thiazole rings is 1. The molecule has 0 atom stereocenters. The Morgan fingerprint density at radius 2 is 2.07 bits per heavy atom. The number of carbonyl (C=O) groups excluding carboxylic acids is 1. The first kappa shape index (κ1) is 17.4. The smallest absolute Gasteiger partial charge is 0.226 e. The van der Waals surface area contributed by atoms with E-state index in [1.807, 2.05) is 43.5 Å². The number of hydrogen-bond donors (Lipinski definition) is 1. The van der Waals surface area contributed by atoms with Crippen LogP contribution in [0.3, 0.4) is 0 Å². The highest BCUT2D eigenvalue weighted by molar-refractivity contribution is 7.15. The number of oxazole rings is 1. The Labute approximate surface area is 160 Å². The van der Waals surface area contributed by atoms with E-state index in [4.69, 9.17) is 4.42 Å². The molecule has 0 unspecified atom stereocenters. The van der Waals surface area contributed by atoms with E-state index in [2.05, 4.69) is 20.4 Å². The molecule has 3 aromatic heterocycles. The zero-order valence-corrected chi connectivity index (χ0v) is 15.9. The summed E-state index contributed by atoms with van der Waals surface area (Å²) in [5.41, 5.74) is 3.78. The van der Waals surface area contributed by atoms with Crippen molar-refractivity contribution in [1.82, 2.24) is 24.9 Å². The lowest BCUT2D eigenvalue weighted by Gasteiger charge is -2.03. The zero-order valence-electron chi connectivity index (χ0n) is 15.1. The van der Waals surface area contributed by atoms with Gasteiger partial charge in [-0.2, -0.15) is 5.10 Å². The Morgan fingerprint density at radius 3 is 2.89 bits per heavy atom. The van der Waals surface area contributed by atoms with Crippen molar-refractivity contribution in [1.29, 1.82) is 0 Å². The van der Waals surface area contributed by atoms with Gasteiger partial charge in [-0.05, 0) is 26.0 Å². The molecule has 4 aromatic rings. The number of hydrogen-bond acceptors (Lipinski definition) is 6. The van der Waals surface area contributed by atoms with Crippen LogP contribution >= 0.6 is 11.3 Å². The van der Waals surface area contributed by atoms with Crippen molar-refractivity contribution in [3.05, 3.63) is 58.7 Å². The molecule has 0 radical (unpaired) electrons. The molecule has 0 aliphatic rings. The first-order chi connectivity index (χ1) is 13.1. The maximum Gasteiger partial charge on any atom is 0.226 e. The number of fused-ring (bicyclic) bond motifs is 1. The fourth-order valence-corrected chi connectivity index (χ4v) is 3.63. The van der Waals surface area contributed by atoms with E-state index in [-0.39, 0.29) is 12.3 Å². The van der Waals surface area contributed by atoms with Gasteiger partial charge in [-0.1, -0.05) is 17.7 Å². The second-order valence-electron chi connectivity index (χ2n) is 6.35. The van der Waals surface area contributed by atoms with Gasteiger partial charge in [0.2, 0.25) is 16.8 Å². The van der Waals surface area contributed by atoms with Crippen LogP contribution in [0.15, 0.2) is 40.4 Å². The first-order valence-electron chi connectivity index (χ1n) is 8.66. The highest BCUT2D eigenvalue weighted by Crippen LogP contribution is 2.22. The summed E-state index contributed by atoms with van der Waals surface area (Å²) in [6.45, 7) is 4.40. The van der Waals surface area contributed by atoms with Crippen molar-refractivity contribution in [3.63, 3.8) is 0 Å². The van der Waals surface area contributed by atoms with Gasteiger partial charge in [0.05, 0.1) is 17.8 Å². The number of aromatic nitrogens is 4. The van der Waals surface area contributed by atoms with Gasteiger partial charge in [-0.15, -0.1) is 11.3 Å². The number of nitrogens with zero attached hydrogens (tertiary/aromatic N) is 4. The molecular formula is C19H19N5O2S. The van der Waals surface area contributed by atoms with Gasteiger partial charge in [-0.3, -0.25) is 4.79 Å². The normalized spacial score (nSPS) is 11.2. The highest BCUT2D eigenvalue weighted by Gasteiger charge is 2.15. The summed E-state index contributed by atoms with van der Waals surface area (Å²) < 4.78 is 7.53. The minimum absolute atomic E-state index is 0.0769. The van der Waals surface area contributed by atoms with Crippen LogP contribution in [0.25, 0.3) is 16.4 Å². The van der Waals surface area contributed by atoms with E-state index in [1.165, 1.54) is 23.2 Å². The molecule has 0 spiro atoms. The summed E-state index contributed by atoms with van der Waals surface area (Å²) in [6, 6.07) is 7.96. The van der Waals surface area contributed by atoms with Gasteiger partial charge in [0.15, 0.2) is 0 Å². The quantitative estimate of drug-likeness (QED) is 0.555. The third kappa shape index (κ3) is 3.75. The lowest BCUT2D eigenvalue weighted by atomic mass is 10.1. The van der Waals surface area contributed by atoms with Gasteiger partial charge in [-0.25, -0.2) is 14.5 Å². The molecule has 1 amide bonds. The monoisotopic (exact) mass is 381 g/mol. The van der Waals surface area contributed by atoms with Crippen LogP contribution in [0.5, 0.6) is 0 Å². The Balaban J connectivity index is 1.35. The van der Waals surface area contributed by atoms with Crippen LogP contribution in [0.1, 0.15) is 22.7 Å². The fourth-order valence-electron chi connectivity index (χ4n) is 2.80. The molecule has 138 valence electrons. The van der Waals surface area contributed by atoms with Crippen molar-refractivity contribution in [3.8, 4) is 11.5 Å². The van der Waals surface area contributed by atoms with E-state index in [1.54, 1.807) is 4.52 Å². The van der Waals surface area contributed by atoms with Crippen molar-refractivity contribution in [2.24, 2.45) is 0 Å².